The quantitative estimate of drug-likeness (QED) is 0.0770. The number of nitrogens with two attached hydrogens (primary N) is 1. The van der Waals surface area contributed by atoms with Crippen molar-refractivity contribution in [2.75, 3.05) is 4.90 Å². The van der Waals surface area contributed by atoms with E-state index in [0.29, 0.717) is 0 Å². The van der Waals surface area contributed by atoms with E-state index in [2.05, 4.69) is 136 Å². The number of hydrogen-bond acceptors (Lipinski definition) is 4. The lowest BCUT2D eigenvalue weighted by molar-refractivity contribution is 0.153. The number of thiol groups is 1. The van der Waals surface area contributed by atoms with Gasteiger partial charge in [-0.05, 0) is 90.2 Å². The number of hydrogen-bond donors (Lipinski definition) is 2. The van der Waals surface area contributed by atoms with E-state index in [9.17, 15) is 0 Å². The Hall–Kier alpha value is -3.95. The van der Waals surface area contributed by atoms with Gasteiger partial charge in [-0.25, -0.2) is 0 Å². The predicted molar refractivity (Wildman–Crippen MR) is 223 cm³/mol. The van der Waals surface area contributed by atoms with E-state index >= 15 is 0 Å². The fourth-order valence-corrected chi connectivity index (χ4v) is 10.2. The number of benzene rings is 4. The Kier molecular flexibility index (Phi) is 9.42. The third-order valence-corrected chi connectivity index (χ3v) is 13.1. The van der Waals surface area contributed by atoms with Gasteiger partial charge in [-0.2, -0.15) is 0 Å². The molecule has 252 valence electrons. The smallest absolute Gasteiger partial charge is 0.165 e. The van der Waals surface area contributed by atoms with Crippen LogP contribution in [0.4, 0.5) is 10.7 Å². The first-order valence-corrected chi connectivity index (χ1v) is 19.4. The molecule has 4 aromatic carbocycles. The van der Waals surface area contributed by atoms with Crippen LogP contribution in [0.5, 0.6) is 0 Å². The molecule has 5 heteroatoms. The Balaban J connectivity index is 1.65. The van der Waals surface area contributed by atoms with Gasteiger partial charge in [0.1, 0.15) is 5.00 Å². The summed E-state index contributed by atoms with van der Waals surface area (Å²) in [6.07, 6.45) is 16.5. The van der Waals surface area contributed by atoms with Crippen molar-refractivity contribution < 1.29 is 0 Å². The molecule has 1 aliphatic carbocycles. The lowest BCUT2D eigenvalue weighted by atomic mass is 9.56. The van der Waals surface area contributed by atoms with Crippen molar-refractivity contribution in [2.24, 2.45) is 5.73 Å². The predicted octanol–water partition coefficient (Wildman–Crippen LogP) is 11.7. The molecule has 1 fully saturated rings. The fourth-order valence-electron chi connectivity index (χ4n) is 8.56. The van der Waals surface area contributed by atoms with E-state index in [0.717, 1.165) is 54.7 Å². The van der Waals surface area contributed by atoms with Gasteiger partial charge in [-0.15, -0.1) is 30.4 Å². The summed E-state index contributed by atoms with van der Waals surface area (Å²) in [7, 11) is 0.805. The van der Waals surface area contributed by atoms with Crippen molar-refractivity contribution in [2.45, 2.75) is 88.9 Å². The first-order valence-electron chi connectivity index (χ1n) is 18.1. The molecule has 0 spiro atoms. The number of fused-ring (bicyclic) bond motifs is 8. The Morgan fingerprint density at radius 1 is 0.960 bits per heavy atom. The van der Waals surface area contributed by atoms with Gasteiger partial charge in [-0.3, -0.25) is 0 Å². The molecule has 7 rings (SSSR count). The molecule has 2 N–H and O–H groups in total. The molecule has 2 unspecified atom stereocenters. The van der Waals surface area contributed by atoms with Crippen LogP contribution in [-0.2, 0) is 11.8 Å². The van der Waals surface area contributed by atoms with E-state index in [4.69, 9.17) is 24.8 Å². The third-order valence-electron chi connectivity index (χ3n) is 11.5. The fraction of sp³-hybridized carbons (Fsp3) is 0.289. The van der Waals surface area contributed by atoms with Crippen LogP contribution >= 0.6 is 24.0 Å². The maximum atomic E-state index is 7.55. The van der Waals surface area contributed by atoms with Crippen molar-refractivity contribution in [3.63, 3.8) is 0 Å². The molecule has 1 aromatic heterocycles. The van der Waals surface area contributed by atoms with Gasteiger partial charge in [0.2, 0.25) is 0 Å². The van der Waals surface area contributed by atoms with Crippen LogP contribution in [0.1, 0.15) is 68.2 Å². The lowest BCUT2D eigenvalue weighted by Crippen LogP contribution is -2.58. The average Bonchev–Trinajstić information content (AvgIpc) is 3.49. The van der Waals surface area contributed by atoms with Crippen molar-refractivity contribution in [3.05, 3.63) is 124 Å². The Morgan fingerprint density at radius 2 is 1.66 bits per heavy atom. The maximum absolute atomic E-state index is 7.55. The second kappa shape index (κ2) is 13.6. The third kappa shape index (κ3) is 5.76. The average molecular weight is 691 g/mol. The zero-order valence-corrected chi connectivity index (χ0v) is 31.8. The molecular weight excluding hydrogens is 643 g/mol. The van der Waals surface area contributed by atoms with Crippen molar-refractivity contribution in [1.29, 1.82) is 0 Å². The molecule has 2 aliphatic rings. The first-order chi connectivity index (χ1) is 24.1. The van der Waals surface area contributed by atoms with Gasteiger partial charge in [-0.1, -0.05) is 118 Å². The Bertz CT molecular complexity index is 2200. The molecule has 2 bridgehead atoms. The highest BCUT2D eigenvalue weighted by atomic mass is 32.1. The second-order valence-electron chi connectivity index (χ2n) is 14.6. The number of terminal acetylenes is 1. The minimum Gasteiger partial charge on any atom is -0.324 e. The summed E-state index contributed by atoms with van der Waals surface area (Å²) in [4.78, 5) is 3.48. The number of anilines is 2. The van der Waals surface area contributed by atoms with Crippen LogP contribution in [0.3, 0.4) is 0 Å². The summed E-state index contributed by atoms with van der Waals surface area (Å²) >= 11 is 7.31. The van der Waals surface area contributed by atoms with Crippen molar-refractivity contribution in [3.8, 4) is 34.6 Å². The normalized spacial score (nSPS) is 20.5. The van der Waals surface area contributed by atoms with Gasteiger partial charge in [0, 0.05) is 43.6 Å². The Morgan fingerprint density at radius 3 is 2.40 bits per heavy atom. The van der Waals surface area contributed by atoms with Gasteiger partial charge >= 0.3 is 0 Å². The second-order valence-corrected chi connectivity index (χ2v) is 16.1. The van der Waals surface area contributed by atoms with Crippen LogP contribution in [0, 0.1) is 26.2 Å². The summed E-state index contributed by atoms with van der Waals surface area (Å²) in [6.45, 7) is 11.3. The highest BCUT2D eigenvalue weighted by Crippen LogP contribution is 2.59. The molecule has 50 heavy (non-hydrogen) atoms. The van der Waals surface area contributed by atoms with Crippen LogP contribution in [0.2, 0.25) is 6.82 Å². The van der Waals surface area contributed by atoms with Crippen molar-refractivity contribution in [1.82, 2.24) is 0 Å². The Labute approximate surface area is 309 Å². The molecule has 5 aromatic rings. The van der Waals surface area contributed by atoms with Crippen LogP contribution in [0.15, 0.2) is 107 Å². The molecule has 2 atom stereocenters. The standard InChI is InChI=1S/C45H47BN2S2/c1-7-32(46-6)20-21-33(28-31-16-10-9-11-17-31)48-38-27-30(4)25-36(42(38)49)35-24-29(3)26-37(44(5)22-14-15-23-45(44,47)8-2)40(35)41-34-18-12-13-19-39(34)50-43(41)48/h1,9-13,16-21,24-27,46,49H,8,14-15,22-23,28,47H2,2-6H3/b32-20+,33-21+. The first kappa shape index (κ1) is 34.5. The highest BCUT2D eigenvalue weighted by Gasteiger charge is 2.49. The van der Waals surface area contributed by atoms with E-state index in [1.807, 2.05) is 11.3 Å². The number of aryl methyl sites for hydroxylation is 2. The summed E-state index contributed by atoms with van der Waals surface area (Å²) in [5, 5.41) is 2.48. The minimum absolute atomic E-state index is 0.210. The number of rotatable bonds is 7. The van der Waals surface area contributed by atoms with Crippen LogP contribution in [0.25, 0.3) is 32.3 Å². The molecular formula is C45H47BN2S2. The van der Waals surface area contributed by atoms with E-state index in [1.54, 1.807) is 0 Å². The van der Waals surface area contributed by atoms with E-state index in [-0.39, 0.29) is 11.0 Å². The maximum Gasteiger partial charge on any atom is 0.165 e. The number of allylic oxidation sites excluding steroid dienone is 4. The monoisotopic (exact) mass is 690 g/mol. The molecule has 1 aliphatic heterocycles. The number of thiophene rings is 1. The molecule has 0 radical (unpaired) electrons. The molecule has 0 amide bonds. The van der Waals surface area contributed by atoms with Crippen LogP contribution < -0.4 is 10.6 Å². The van der Waals surface area contributed by atoms with Crippen molar-refractivity contribution >= 4 is 52.0 Å². The van der Waals surface area contributed by atoms with Gasteiger partial charge in [0.15, 0.2) is 7.28 Å². The van der Waals surface area contributed by atoms with Crippen LogP contribution in [-0.4, -0.2) is 12.8 Å². The SMILES string of the molecule is C#C/C(BC)=C\C=C(/Cc1ccccc1)N1c2cc(C)cc(c2S)-c2cc(C)cc(C3(C)CCCCC3(N)CC)c2-c2c1sc1ccccc21. The lowest BCUT2D eigenvalue weighted by Gasteiger charge is -2.51. The van der Waals surface area contributed by atoms with Gasteiger partial charge in [0.25, 0.3) is 0 Å². The summed E-state index contributed by atoms with van der Waals surface area (Å²) in [5.41, 5.74) is 20.3. The zero-order chi connectivity index (χ0) is 35.2. The number of nitrogens with zero attached hydrogens (tertiary/aromatic N) is 1. The van der Waals surface area contributed by atoms with E-state index in [1.165, 1.54) is 72.4 Å². The van der Waals surface area contributed by atoms with E-state index < -0.39 is 0 Å². The highest BCUT2D eigenvalue weighted by molar-refractivity contribution is 7.80. The molecule has 2 heterocycles. The zero-order valence-electron chi connectivity index (χ0n) is 30.1. The summed E-state index contributed by atoms with van der Waals surface area (Å²) < 4.78 is 1.27. The molecule has 1 saturated carbocycles. The largest absolute Gasteiger partial charge is 0.324 e. The molecule has 2 nitrogen and oxygen atoms in total. The van der Waals surface area contributed by atoms with Gasteiger partial charge in [0.05, 0.1) is 5.69 Å². The minimum atomic E-state index is -0.308. The topological polar surface area (TPSA) is 29.3 Å². The van der Waals surface area contributed by atoms with Gasteiger partial charge < -0.3 is 10.6 Å². The summed E-state index contributed by atoms with van der Waals surface area (Å²) in [6, 6.07) is 29.2. The molecule has 0 saturated heterocycles. The summed E-state index contributed by atoms with van der Waals surface area (Å²) in [5.74, 6) is 2.92.